The van der Waals surface area contributed by atoms with Gasteiger partial charge in [0.2, 0.25) is 5.79 Å². The third-order valence-corrected chi connectivity index (χ3v) is 23.4. The Morgan fingerprint density at radius 2 is 1.54 bits per heavy atom. The zero-order chi connectivity index (χ0) is 48.8. The van der Waals surface area contributed by atoms with E-state index in [4.69, 9.17) is 33.7 Å². The molecule has 1 aromatic rings. The van der Waals surface area contributed by atoms with Crippen LogP contribution in [0.3, 0.4) is 0 Å². The van der Waals surface area contributed by atoms with Crippen LogP contribution in [0.5, 0.6) is 0 Å². The smallest absolute Gasteiger partial charge is 0.201 e. The summed E-state index contributed by atoms with van der Waals surface area (Å²) in [5.41, 5.74) is -1.70. The maximum atomic E-state index is 15.1. The number of fused-ring (bicyclic) bond motifs is 13. The van der Waals surface area contributed by atoms with Crippen molar-refractivity contribution in [3.63, 3.8) is 0 Å². The Morgan fingerprint density at radius 1 is 0.812 bits per heavy atom. The van der Waals surface area contributed by atoms with Crippen LogP contribution < -0.4 is 0 Å². The van der Waals surface area contributed by atoms with Crippen molar-refractivity contribution in [1.82, 2.24) is 9.97 Å². The van der Waals surface area contributed by atoms with Gasteiger partial charge in [0.15, 0.2) is 5.79 Å². The highest BCUT2D eigenvalue weighted by Crippen LogP contribution is 2.73. The Balaban J connectivity index is 0.794. The van der Waals surface area contributed by atoms with E-state index in [9.17, 15) is 30.6 Å². The summed E-state index contributed by atoms with van der Waals surface area (Å²) < 4.78 is 32.8. The average Bonchev–Trinajstić information content (AvgIpc) is 4.01. The minimum Gasteiger partial charge on any atom is -0.393 e. The van der Waals surface area contributed by atoms with Gasteiger partial charge in [0, 0.05) is 55.0 Å². The zero-order valence-electron chi connectivity index (χ0n) is 42.1. The molecule has 4 aliphatic heterocycles. The number of hydrogen-bond acceptors (Lipinski definition) is 14. The van der Waals surface area contributed by atoms with Crippen LogP contribution in [-0.2, 0) is 47.7 Å². The van der Waals surface area contributed by atoms with Crippen molar-refractivity contribution in [3.05, 3.63) is 46.1 Å². The first-order valence-electron chi connectivity index (χ1n) is 26.6. The van der Waals surface area contributed by atoms with Crippen LogP contribution in [0, 0.1) is 69.0 Å². The SMILES string of the molecule is COC1c2nc3c(nc2CC2CCC4C5=CCC6C(C)C7(OCC56C(=O)CC4(O)C21C)OC(C)(C)CC7O)CC1(C)C(CCC2C4=CC5OC6(OC(C)(CO)CC6O)C(C)C5(O)C4(C)C(O)CC21)C3. The molecule has 13 rings (SSSR count). The second-order valence-corrected chi connectivity index (χ2v) is 26.4. The molecule has 0 bridgehead atoms. The van der Waals surface area contributed by atoms with Gasteiger partial charge in [-0.05, 0) is 114 Å². The summed E-state index contributed by atoms with van der Waals surface area (Å²) in [5.74, 6) is -3.44. The standard InChI is InChI=1S/C55H76N2O12/c1-26-31-14-15-32-33-13-11-29-17-37-44(45(65-9)49(29,7)52(33,63)23-40(60)51(31,32)25-66-54(26)41(61)21-46(3,4)68-54)57-36-16-28-10-12-30-34(48(28,6)20-38(36)56-37)18-39(59)50(8)35(30)19-43-53(50,64)27(2)55(67-43)42(62)22-47(5,24-58)69-55/h15,19,26-31,33-34,39,41-43,45,58-59,61-64H,10-14,16-18,20-25H2,1-9H3. The Bertz CT molecular complexity index is 2500. The van der Waals surface area contributed by atoms with E-state index in [1.165, 1.54) is 0 Å². The maximum absolute atomic E-state index is 15.1. The van der Waals surface area contributed by atoms with E-state index in [0.29, 0.717) is 32.1 Å². The van der Waals surface area contributed by atoms with Gasteiger partial charge in [0.05, 0.1) is 64.3 Å². The molecule has 4 saturated carbocycles. The van der Waals surface area contributed by atoms with E-state index in [1.54, 1.807) is 14.0 Å². The fraction of sp³-hybridized carbons (Fsp3) is 0.836. The summed E-state index contributed by atoms with van der Waals surface area (Å²) in [6.45, 7) is 16.0. The third-order valence-electron chi connectivity index (χ3n) is 23.4. The van der Waals surface area contributed by atoms with Crippen molar-refractivity contribution < 1.29 is 59.1 Å². The molecule has 0 aromatic carbocycles. The van der Waals surface area contributed by atoms with Gasteiger partial charge in [-0.3, -0.25) is 14.8 Å². The van der Waals surface area contributed by atoms with Gasteiger partial charge in [-0.1, -0.05) is 57.9 Å². The number of rotatable bonds is 2. The summed E-state index contributed by atoms with van der Waals surface area (Å²) in [5, 5.41) is 71.9. The fourth-order valence-corrected chi connectivity index (χ4v) is 19.7. The van der Waals surface area contributed by atoms with Crippen LogP contribution >= 0.6 is 0 Å². The van der Waals surface area contributed by atoms with Crippen LogP contribution in [0.25, 0.3) is 0 Å². The first-order chi connectivity index (χ1) is 32.4. The van der Waals surface area contributed by atoms with Crippen molar-refractivity contribution in [3.8, 4) is 0 Å². The Morgan fingerprint density at radius 3 is 2.23 bits per heavy atom. The number of carbonyl (C=O) groups excluding carboxylic acids is 1. The van der Waals surface area contributed by atoms with Gasteiger partial charge < -0.3 is 54.3 Å². The van der Waals surface area contributed by atoms with Gasteiger partial charge >= 0.3 is 0 Å². The number of aromatic nitrogens is 2. The van der Waals surface area contributed by atoms with E-state index in [-0.39, 0.29) is 78.7 Å². The number of methoxy groups -OCH3 is 1. The average molecular weight is 957 g/mol. The first kappa shape index (κ1) is 46.6. The number of ketones is 1. The van der Waals surface area contributed by atoms with Gasteiger partial charge in [0.1, 0.15) is 35.8 Å². The highest BCUT2D eigenvalue weighted by Gasteiger charge is 2.80. The molecule has 8 fully saturated rings. The van der Waals surface area contributed by atoms with Gasteiger partial charge in [-0.15, -0.1) is 0 Å². The number of aliphatic hydroxyl groups is 6. The van der Waals surface area contributed by atoms with Crippen molar-refractivity contribution in [1.29, 1.82) is 0 Å². The van der Waals surface area contributed by atoms with Gasteiger partial charge in [-0.25, -0.2) is 0 Å². The molecule has 3 spiro atoms. The minimum absolute atomic E-state index is 0.00267. The van der Waals surface area contributed by atoms with Crippen LogP contribution in [0.1, 0.15) is 142 Å². The molecular formula is C55H76N2O12. The van der Waals surface area contributed by atoms with Crippen molar-refractivity contribution in [2.24, 2.45) is 69.0 Å². The predicted molar refractivity (Wildman–Crippen MR) is 248 cm³/mol. The molecule has 22 atom stereocenters. The lowest BCUT2D eigenvalue weighted by Crippen LogP contribution is -2.71. The highest BCUT2D eigenvalue weighted by molar-refractivity contribution is 5.92. The molecule has 22 unspecified atom stereocenters. The summed E-state index contributed by atoms with van der Waals surface area (Å²) in [6, 6.07) is 0. The van der Waals surface area contributed by atoms with E-state index < -0.39 is 86.7 Å². The van der Waals surface area contributed by atoms with E-state index >= 15 is 4.79 Å². The Labute approximate surface area is 406 Å². The number of hydrogen-bond donors (Lipinski definition) is 6. The molecule has 12 aliphatic rings. The highest BCUT2D eigenvalue weighted by atomic mass is 16.7. The fourth-order valence-electron chi connectivity index (χ4n) is 19.7. The number of allylic oxidation sites excluding steroid dienone is 1. The van der Waals surface area contributed by atoms with Crippen LogP contribution in [0.2, 0.25) is 0 Å². The summed E-state index contributed by atoms with van der Waals surface area (Å²) in [7, 11) is 1.71. The van der Waals surface area contributed by atoms with Gasteiger partial charge in [0.25, 0.3) is 0 Å². The number of aliphatic hydroxyl groups excluding tert-OH is 4. The molecule has 6 N–H and O–H groups in total. The topological polar surface area (TPSA) is 210 Å². The summed E-state index contributed by atoms with van der Waals surface area (Å²) >= 11 is 0. The quantitative estimate of drug-likeness (QED) is 0.221. The number of carbonyl (C=O) groups is 1. The van der Waals surface area contributed by atoms with Crippen LogP contribution in [-0.4, -0.2) is 125 Å². The minimum atomic E-state index is -1.53. The lowest BCUT2D eigenvalue weighted by molar-refractivity contribution is -0.338. The number of Topliss-reactive ketones (excluding diaryl/α,β-unsaturated/α-hetero) is 1. The molecule has 378 valence electrons. The lowest BCUT2D eigenvalue weighted by Gasteiger charge is -2.65. The van der Waals surface area contributed by atoms with E-state index in [2.05, 4.69) is 26.8 Å². The molecule has 5 heterocycles. The molecule has 14 heteroatoms. The van der Waals surface area contributed by atoms with Crippen molar-refractivity contribution >= 4 is 5.78 Å². The molecule has 69 heavy (non-hydrogen) atoms. The second-order valence-electron chi connectivity index (χ2n) is 26.4. The Kier molecular flexibility index (Phi) is 9.40. The number of ether oxygens (including phenoxy) is 5. The van der Waals surface area contributed by atoms with Crippen LogP contribution in [0.15, 0.2) is 23.3 Å². The summed E-state index contributed by atoms with van der Waals surface area (Å²) in [4.78, 5) is 26.2. The molecule has 0 amide bonds. The van der Waals surface area contributed by atoms with Crippen LogP contribution in [0.4, 0.5) is 0 Å². The maximum Gasteiger partial charge on any atom is 0.201 e. The third kappa shape index (κ3) is 5.16. The van der Waals surface area contributed by atoms with E-state index in [0.717, 1.165) is 66.0 Å². The molecule has 4 saturated heterocycles. The second kappa shape index (κ2) is 13.9. The molecular weight excluding hydrogens is 881 g/mol. The predicted octanol–water partition coefficient (Wildman–Crippen LogP) is 4.76. The zero-order valence-corrected chi connectivity index (χ0v) is 42.1. The lowest BCUT2D eigenvalue weighted by atomic mass is 9.42. The van der Waals surface area contributed by atoms with Gasteiger partial charge in [-0.2, -0.15) is 0 Å². The van der Waals surface area contributed by atoms with Crippen molar-refractivity contribution in [2.45, 2.75) is 197 Å². The molecule has 14 nitrogen and oxygen atoms in total. The first-order valence-corrected chi connectivity index (χ1v) is 26.6. The molecule has 1 aromatic heterocycles. The Hall–Kier alpha value is -2.21. The summed E-state index contributed by atoms with van der Waals surface area (Å²) in [6.07, 6.45) is 7.49. The normalized spacial score (nSPS) is 57.0. The molecule has 8 aliphatic carbocycles. The largest absolute Gasteiger partial charge is 0.393 e. The molecule has 0 radical (unpaired) electrons. The number of nitrogens with zero attached hydrogens (tertiary/aromatic N) is 2. The van der Waals surface area contributed by atoms with E-state index in [1.807, 2.05) is 33.8 Å². The van der Waals surface area contributed by atoms with Crippen molar-refractivity contribution in [2.75, 3.05) is 20.3 Å². The monoisotopic (exact) mass is 957 g/mol.